The third kappa shape index (κ3) is 5.56. The summed E-state index contributed by atoms with van der Waals surface area (Å²) < 4.78 is 82.0. The molecule has 1 aromatic carbocycles. The predicted molar refractivity (Wildman–Crippen MR) is 114 cm³/mol. The molecule has 0 aliphatic carbocycles. The standard InChI is InChI=1S/C21H18F6N6O.ClH/c22-14-6-16(24)15(23)4-11(14)3-13(28)5-18(34)32-1-2-33-17(9-32)19(12-7-29-10-30-8-12)31-20(33)21(25,26)27;/h4,6-8,10,13H,1-3,5,9,28H2;1H/t13-;/m1./s1. The molecule has 7 nitrogen and oxygen atoms in total. The van der Waals surface area contributed by atoms with Crippen LogP contribution < -0.4 is 5.73 Å². The van der Waals surface area contributed by atoms with Crippen molar-refractivity contribution in [1.82, 2.24) is 24.4 Å². The molecule has 1 amide bonds. The first-order chi connectivity index (χ1) is 16.0. The summed E-state index contributed by atoms with van der Waals surface area (Å²) in [6, 6.07) is 0.158. The van der Waals surface area contributed by atoms with Crippen LogP contribution in [0, 0.1) is 17.5 Å². The molecule has 1 aliphatic heterocycles. The van der Waals surface area contributed by atoms with Gasteiger partial charge >= 0.3 is 6.18 Å². The number of amides is 1. The molecule has 1 aliphatic rings. The molecule has 0 saturated heterocycles. The van der Waals surface area contributed by atoms with Crippen molar-refractivity contribution in [2.75, 3.05) is 6.54 Å². The maximum atomic E-state index is 13.9. The summed E-state index contributed by atoms with van der Waals surface area (Å²) in [6.07, 6.45) is -1.34. The van der Waals surface area contributed by atoms with Crippen molar-refractivity contribution in [3.63, 3.8) is 0 Å². The summed E-state index contributed by atoms with van der Waals surface area (Å²) >= 11 is 0. The minimum Gasteiger partial charge on any atom is -0.335 e. The van der Waals surface area contributed by atoms with E-state index in [1.165, 1.54) is 23.6 Å². The van der Waals surface area contributed by atoms with Gasteiger partial charge in [-0.2, -0.15) is 13.2 Å². The second-order valence-electron chi connectivity index (χ2n) is 7.85. The van der Waals surface area contributed by atoms with Gasteiger partial charge in [0.05, 0.1) is 17.9 Å². The average molecular weight is 521 g/mol. The largest absolute Gasteiger partial charge is 0.449 e. The second kappa shape index (κ2) is 10.2. The van der Waals surface area contributed by atoms with Crippen LogP contribution in [0.1, 0.15) is 23.5 Å². The Kier molecular flexibility index (Phi) is 7.70. The number of nitrogens with two attached hydrogens (primary N) is 1. The molecule has 188 valence electrons. The molecule has 14 heteroatoms. The van der Waals surface area contributed by atoms with Gasteiger partial charge in [-0.25, -0.2) is 28.1 Å². The molecule has 2 N–H and O–H groups in total. The number of hydrogen-bond acceptors (Lipinski definition) is 5. The van der Waals surface area contributed by atoms with Crippen LogP contribution in [0.15, 0.2) is 30.9 Å². The highest BCUT2D eigenvalue weighted by atomic mass is 35.5. The summed E-state index contributed by atoms with van der Waals surface area (Å²) in [5.74, 6) is -5.13. The molecule has 2 aromatic heterocycles. The van der Waals surface area contributed by atoms with E-state index >= 15 is 0 Å². The van der Waals surface area contributed by atoms with E-state index in [0.717, 1.165) is 4.57 Å². The number of hydrogen-bond donors (Lipinski definition) is 1. The molecule has 1 atom stereocenters. The van der Waals surface area contributed by atoms with Gasteiger partial charge in [-0.1, -0.05) is 0 Å². The number of imidazole rings is 1. The Hall–Kier alpha value is -3.19. The van der Waals surface area contributed by atoms with Gasteiger partial charge in [0, 0.05) is 49.6 Å². The molecule has 0 spiro atoms. The third-order valence-electron chi connectivity index (χ3n) is 5.46. The van der Waals surface area contributed by atoms with Crippen LogP contribution in [0.2, 0.25) is 0 Å². The van der Waals surface area contributed by atoms with Gasteiger partial charge in [0.1, 0.15) is 12.1 Å². The molecular formula is C21H19ClF6N6O. The van der Waals surface area contributed by atoms with E-state index in [4.69, 9.17) is 5.73 Å². The fraction of sp³-hybridized carbons (Fsp3) is 0.333. The van der Waals surface area contributed by atoms with Crippen molar-refractivity contribution in [2.45, 2.75) is 38.1 Å². The molecule has 35 heavy (non-hydrogen) atoms. The molecule has 3 aromatic rings. The van der Waals surface area contributed by atoms with Crippen LogP contribution in [0.3, 0.4) is 0 Å². The summed E-state index contributed by atoms with van der Waals surface area (Å²) in [5, 5.41) is 0. The lowest BCUT2D eigenvalue weighted by molar-refractivity contribution is -0.148. The number of halogens is 7. The van der Waals surface area contributed by atoms with Gasteiger partial charge in [0.25, 0.3) is 0 Å². The van der Waals surface area contributed by atoms with Gasteiger partial charge in [0.15, 0.2) is 11.6 Å². The van der Waals surface area contributed by atoms with Crippen molar-refractivity contribution in [3.05, 3.63) is 65.4 Å². The smallest absolute Gasteiger partial charge is 0.335 e. The molecule has 0 saturated carbocycles. The van der Waals surface area contributed by atoms with Gasteiger partial charge in [-0.3, -0.25) is 4.79 Å². The Morgan fingerprint density at radius 2 is 1.71 bits per heavy atom. The zero-order valence-electron chi connectivity index (χ0n) is 17.9. The SMILES string of the molecule is Cl.N[C@@H](CC(=O)N1CCn2c(C(F)(F)F)nc(-c3cncnc3)c2C1)Cc1cc(F)c(F)cc1F. The summed E-state index contributed by atoms with van der Waals surface area (Å²) in [7, 11) is 0. The molecule has 3 heterocycles. The van der Waals surface area contributed by atoms with E-state index in [1.807, 2.05) is 0 Å². The van der Waals surface area contributed by atoms with Crippen LogP contribution in [0.25, 0.3) is 11.3 Å². The van der Waals surface area contributed by atoms with Crippen molar-refractivity contribution in [1.29, 1.82) is 0 Å². The lowest BCUT2D eigenvalue weighted by atomic mass is 10.0. The topological polar surface area (TPSA) is 89.9 Å². The maximum Gasteiger partial charge on any atom is 0.449 e. The monoisotopic (exact) mass is 520 g/mol. The third-order valence-corrected chi connectivity index (χ3v) is 5.46. The second-order valence-corrected chi connectivity index (χ2v) is 7.85. The lowest BCUT2D eigenvalue weighted by Crippen LogP contribution is -2.42. The summed E-state index contributed by atoms with van der Waals surface area (Å²) in [5.41, 5.74) is 6.20. The van der Waals surface area contributed by atoms with E-state index in [1.54, 1.807) is 0 Å². The normalized spacial score (nSPS) is 14.3. The fourth-order valence-electron chi connectivity index (χ4n) is 3.88. The van der Waals surface area contributed by atoms with Crippen molar-refractivity contribution in [3.8, 4) is 11.3 Å². The van der Waals surface area contributed by atoms with Crippen LogP contribution in [-0.2, 0) is 30.5 Å². The first-order valence-corrected chi connectivity index (χ1v) is 10.1. The molecular weight excluding hydrogens is 502 g/mol. The maximum absolute atomic E-state index is 13.9. The Bertz CT molecular complexity index is 1220. The van der Waals surface area contributed by atoms with E-state index in [0.29, 0.717) is 12.1 Å². The van der Waals surface area contributed by atoms with Crippen molar-refractivity contribution >= 4 is 18.3 Å². The highest BCUT2D eigenvalue weighted by Gasteiger charge is 2.41. The first kappa shape index (κ1) is 26.4. The summed E-state index contributed by atoms with van der Waals surface area (Å²) in [4.78, 5) is 25.5. The van der Waals surface area contributed by atoms with Crippen LogP contribution in [0.5, 0.6) is 0 Å². The average Bonchev–Trinajstić information content (AvgIpc) is 3.17. The molecule has 0 bridgehead atoms. The van der Waals surface area contributed by atoms with Crippen molar-refractivity contribution in [2.24, 2.45) is 5.73 Å². The van der Waals surface area contributed by atoms with E-state index in [9.17, 15) is 31.1 Å². The number of alkyl halides is 3. The first-order valence-electron chi connectivity index (χ1n) is 10.1. The highest BCUT2D eigenvalue weighted by molar-refractivity contribution is 5.85. The Labute approximate surface area is 201 Å². The number of fused-ring (bicyclic) bond motifs is 1. The predicted octanol–water partition coefficient (Wildman–Crippen LogP) is 3.50. The Morgan fingerprint density at radius 1 is 1.06 bits per heavy atom. The van der Waals surface area contributed by atoms with Gasteiger partial charge in [-0.05, 0) is 18.1 Å². The van der Waals surface area contributed by atoms with Crippen molar-refractivity contribution < 1.29 is 31.1 Å². The zero-order valence-corrected chi connectivity index (χ0v) is 18.7. The lowest BCUT2D eigenvalue weighted by Gasteiger charge is -2.30. The van der Waals surface area contributed by atoms with Gasteiger partial charge in [0.2, 0.25) is 11.7 Å². The number of benzene rings is 1. The van der Waals surface area contributed by atoms with E-state index < -0.39 is 41.4 Å². The van der Waals surface area contributed by atoms with Gasteiger partial charge < -0.3 is 15.2 Å². The molecule has 0 unspecified atom stereocenters. The summed E-state index contributed by atoms with van der Waals surface area (Å²) in [6.45, 7) is -0.343. The number of carbonyl (C=O) groups excluding carboxylic acids is 1. The Balaban J connectivity index is 0.00000342. The molecule has 0 fully saturated rings. The number of rotatable bonds is 5. The minimum absolute atomic E-state index is 0. The molecule has 4 rings (SSSR count). The van der Waals surface area contributed by atoms with Crippen LogP contribution in [-0.4, -0.2) is 42.9 Å². The minimum atomic E-state index is -4.70. The van der Waals surface area contributed by atoms with E-state index in [-0.39, 0.29) is 67.4 Å². The van der Waals surface area contributed by atoms with Gasteiger partial charge in [-0.15, -0.1) is 12.4 Å². The molecule has 0 radical (unpaired) electrons. The number of aromatic nitrogens is 4. The quantitative estimate of drug-likeness (QED) is 0.411. The van der Waals surface area contributed by atoms with Crippen LogP contribution in [0.4, 0.5) is 26.3 Å². The highest BCUT2D eigenvalue weighted by Crippen LogP contribution is 2.35. The zero-order chi connectivity index (χ0) is 24.6. The number of carbonyl (C=O) groups is 1. The number of nitrogens with zero attached hydrogens (tertiary/aromatic N) is 5. The van der Waals surface area contributed by atoms with E-state index in [2.05, 4.69) is 15.0 Å². The Morgan fingerprint density at radius 3 is 2.37 bits per heavy atom. The van der Waals surface area contributed by atoms with Crippen LogP contribution >= 0.6 is 12.4 Å². The fourth-order valence-corrected chi connectivity index (χ4v) is 3.88.